The van der Waals surface area contributed by atoms with Crippen LogP contribution in [-0.2, 0) is 27.3 Å². The van der Waals surface area contributed by atoms with Crippen molar-refractivity contribution in [1.29, 1.82) is 0 Å². The molecule has 2 fully saturated rings. The molecule has 2 heterocycles. The van der Waals surface area contributed by atoms with Gasteiger partial charge in [0.05, 0.1) is 26.4 Å². The highest BCUT2D eigenvalue weighted by Gasteiger charge is 2.43. The molecule has 0 radical (unpaired) electrons. The van der Waals surface area contributed by atoms with E-state index < -0.39 is 12.3 Å². The van der Waals surface area contributed by atoms with E-state index in [-0.39, 0.29) is 24.0 Å². The van der Waals surface area contributed by atoms with Crippen LogP contribution in [0.5, 0.6) is 0 Å². The number of rotatable bonds is 11. The lowest BCUT2D eigenvalue weighted by Gasteiger charge is -2.50. The fourth-order valence-corrected chi connectivity index (χ4v) is 5.73. The van der Waals surface area contributed by atoms with E-state index in [4.69, 9.17) is 9.47 Å². The average Bonchev–Trinajstić information content (AvgIpc) is 2.93. The Morgan fingerprint density at radius 1 is 1.18 bits per heavy atom. The number of benzene rings is 2. The Hall–Kier alpha value is -2.49. The minimum Gasteiger partial charge on any atom is -0.387 e. The van der Waals surface area contributed by atoms with E-state index in [9.17, 15) is 9.90 Å². The normalized spacial score (nSPS) is 22.1. The summed E-state index contributed by atoms with van der Waals surface area (Å²) < 4.78 is 11.5. The van der Waals surface area contributed by atoms with Crippen molar-refractivity contribution in [3.8, 4) is 0 Å². The van der Waals surface area contributed by atoms with E-state index in [1.807, 2.05) is 30.3 Å². The summed E-state index contributed by atoms with van der Waals surface area (Å²) >= 11 is 0. The molecule has 2 aromatic rings. The minimum atomic E-state index is -0.905. The monoisotopic (exact) mass is 522 g/mol. The molecule has 1 spiro atoms. The summed E-state index contributed by atoms with van der Waals surface area (Å²) in [7, 11) is 0. The van der Waals surface area contributed by atoms with E-state index in [2.05, 4.69) is 46.0 Å². The fourth-order valence-electron chi connectivity index (χ4n) is 5.73. The molecule has 5 rings (SSSR count). The van der Waals surface area contributed by atoms with Gasteiger partial charge >= 0.3 is 0 Å². The smallest absolute Gasteiger partial charge is 0.236 e. The molecule has 1 saturated carbocycles. The number of aliphatic hydroxyl groups excluding tert-OH is 1. The molecule has 1 aliphatic carbocycles. The molecular formula is C30H42N4O4. The molecule has 0 unspecified atom stereocenters. The molecule has 0 aromatic heterocycles. The number of ether oxygens (including phenoxy) is 2. The van der Waals surface area contributed by atoms with Crippen molar-refractivity contribution in [2.24, 2.45) is 0 Å². The van der Waals surface area contributed by atoms with Crippen LogP contribution in [0.1, 0.15) is 55.3 Å². The molecule has 1 amide bonds. The summed E-state index contributed by atoms with van der Waals surface area (Å²) in [6.07, 6.45) is 3.83. The molecule has 38 heavy (non-hydrogen) atoms. The number of anilines is 1. The lowest BCUT2D eigenvalue weighted by atomic mass is 9.69. The summed E-state index contributed by atoms with van der Waals surface area (Å²) in [6, 6.07) is 16.6. The second kappa shape index (κ2) is 12.6. The van der Waals surface area contributed by atoms with Crippen LogP contribution in [0.2, 0.25) is 0 Å². The number of nitrogens with zero attached hydrogens (tertiary/aromatic N) is 1. The van der Waals surface area contributed by atoms with Gasteiger partial charge in [-0.3, -0.25) is 9.69 Å². The summed E-state index contributed by atoms with van der Waals surface area (Å²) in [5, 5.41) is 21.7. The van der Waals surface area contributed by atoms with Crippen LogP contribution in [0.4, 0.5) is 5.69 Å². The Balaban J connectivity index is 1.25. The third-order valence-corrected chi connectivity index (χ3v) is 8.17. The second-order valence-corrected chi connectivity index (χ2v) is 10.9. The predicted octanol–water partition coefficient (Wildman–Crippen LogP) is 2.97. The number of fused-ring (bicyclic) bond motifs is 1. The molecule has 1 saturated heterocycles. The summed E-state index contributed by atoms with van der Waals surface area (Å²) in [5.74, 6) is -0.155. The molecule has 3 aliphatic rings. The van der Waals surface area contributed by atoms with Gasteiger partial charge in [0.25, 0.3) is 0 Å². The SMILES string of the molecule is CCc1ccc2c(c1)[C@H](NC[C@@H](O)[C@@H](NC(=O)CN1CCOCC1)OCc1ccccc1)CC1(CCC1)N2. The molecule has 206 valence electrons. The first-order valence-electron chi connectivity index (χ1n) is 14.1. The zero-order chi connectivity index (χ0) is 26.4. The number of carbonyl (C=O) groups is 1. The quantitative estimate of drug-likeness (QED) is 0.337. The van der Waals surface area contributed by atoms with Crippen molar-refractivity contribution in [3.63, 3.8) is 0 Å². The summed E-state index contributed by atoms with van der Waals surface area (Å²) in [5.41, 5.74) is 4.88. The van der Waals surface area contributed by atoms with Gasteiger partial charge in [-0.15, -0.1) is 0 Å². The second-order valence-electron chi connectivity index (χ2n) is 10.9. The molecule has 0 bridgehead atoms. The molecule has 2 aromatic carbocycles. The number of nitrogens with one attached hydrogen (secondary N) is 3. The Bertz CT molecular complexity index is 1060. The van der Waals surface area contributed by atoms with Crippen LogP contribution in [0.15, 0.2) is 48.5 Å². The average molecular weight is 523 g/mol. The zero-order valence-corrected chi connectivity index (χ0v) is 22.5. The maximum Gasteiger partial charge on any atom is 0.236 e. The number of carbonyl (C=O) groups excluding carboxylic acids is 1. The first kappa shape index (κ1) is 27.1. The minimum absolute atomic E-state index is 0.131. The molecule has 8 nitrogen and oxygen atoms in total. The van der Waals surface area contributed by atoms with E-state index in [1.54, 1.807) is 0 Å². The number of aryl methyl sites for hydroxylation is 1. The van der Waals surface area contributed by atoms with Gasteiger partial charge in [-0.1, -0.05) is 49.4 Å². The van der Waals surface area contributed by atoms with Crippen LogP contribution in [0.3, 0.4) is 0 Å². The number of morpholine rings is 1. The Labute approximate surface area is 226 Å². The van der Waals surface area contributed by atoms with Gasteiger partial charge in [0.15, 0.2) is 6.23 Å². The Morgan fingerprint density at radius 3 is 2.68 bits per heavy atom. The third-order valence-electron chi connectivity index (χ3n) is 8.17. The molecule has 8 heteroatoms. The van der Waals surface area contributed by atoms with E-state index in [0.717, 1.165) is 31.5 Å². The predicted molar refractivity (Wildman–Crippen MR) is 148 cm³/mol. The lowest BCUT2D eigenvalue weighted by Crippen LogP contribution is -2.54. The molecular weight excluding hydrogens is 480 g/mol. The van der Waals surface area contributed by atoms with Crippen molar-refractivity contribution in [1.82, 2.24) is 15.5 Å². The Kier molecular flexibility index (Phi) is 8.97. The van der Waals surface area contributed by atoms with Crippen molar-refractivity contribution in [3.05, 3.63) is 65.2 Å². The van der Waals surface area contributed by atoms with Gasteiger partial charge < -0.3 is 30.5 Å². The lowest BCUT2D eigenvalue weighted by molar-refractivity contribution is -0.133. The Morgan fingerprint density at radius 2 is 1.97 bits per heavy atom. The number of amides is 1. The van der Waals surface area contributed by atoms with Crippen LogP contribution in [0, 0.1) is 0 Å². The first-order chi connectivity index (χ1) is 18.5. The van der Waals surface area contributed by atoms with Crippen LogP contribution < -0.4 is 16.0 Å². The van der Waals surface area contributed by atoms with Crippen molar-refractivity contribution in [2.75, 3.05) is 44.7 Å². The van der Waals surface area contributed by atoms with Crippen molar-refractivity contribution >= 4 is 11.6 Å². The standard InChI is InChI=1S/C30H42N4O4/c1-2-22-9-10-25-24(17-22)26(18-30(33-25)11-6-12-30)31-19-27(35)29(38-21-23-7-4-3-5-8-23)32-28(36)20-34-13-15-37-16-14-34/h3-5,7-10,17,26-27,29,31,33,35H,2,6,11-16,18-21H2,1H3,(H,32,36)/t26-,27-,29+/m1/s1. The maximum absolute atomic E-state index is 12.9. The summed E-state index contributed by atoms with van der Waals surface area (Å²) in [6.45, 7) is 5.77. The van der Waals surface area contributed by atoms with Gasteiger partial charge in [-0.2, -0.15) is 0 Å². The molecule has 3 atom stereocenters. The topological polar surface area (TPSA) is 95.1 Å². The summed E-state index contributed by atoms with van der Waals surface area (Å²) in [4.78, 5) is 15.0. The first-order valence-corrected chi connectivity index (χ1v) is 14.1. The highest BCUT2D eigenvalue weighted by molar-refractivity contribution is 5.78. The van der Waals surface area contributed by atoms with Crippen LogP contribution >= 0.6 is 0 Å². The fraction of sp³-hybridized carbons (Fsp3) is 0.567. The maximum atomic E-state index is 12.9. The van der Waals surface area contributed by atoms with Crippen LogP contribution in [-0.4, -0.2) is 73.2 Å². The van der Waals surface area contributed by atoms with E-state index in [0.29, 0.717) is 26.4 Å². The largest absolute Gasteiger partial charge is 0.387 e. The van der Waals surface area contributed by atoms with Gasteiger partial charge in [-0.05, 0) is 54.9 Å². The van der Waals surface area contributed by atoms with Crippen molar-refractivity contribution in [2.45, 2.75) is 69.5 Å². The zero-order valence-electron chi connectivity index (χ0n) is 22.5. The highest BCUT2D eigenvalue weighted by Crippen LogP contribution is 2.47. The highest BCUT2D eigenvalue weighted by atomic mass is 16.5. The number of aliphatic hydroxyl groups is 1. The van der Waals surface area contributed by atoms with Gasteiger partial charge in [-0.25, -0.2) is 0 Å². The van der Waals surface area contributed by atoms with Gasteiger partial charge in [0.1, 0.15) is 6.10 Å². The number of hydrogen-bond donors (Lipinski definition) is 4. The van der Waals surface area contributed by atoms with E-state index in [1.165, 1.54) is 36.1 Å². The van der Waals surface area contributed by atoms with Crippen LogP contribution in [0.25, 0.3) is 0 Å². The number of hydrogen-bond acceptors (Lipinski definition) is 7. The third kappa shape index (κ3) is 6.74. The van der Waals surface area contributed by atoms with Gasteiger partial charge in [0, 0.05) is 36.9 Å². The molecule has 2 aliphatic heterocycles. The van der Waals surface area contributed by atoms with Crippen molar-refractivity contribution < 1.29 is 19.4 Å². The van der Waals surface area contributed by atoms with E-state index >= 15 is 0 Å². The molecule has 4 N–H and O–H groups in total. The van der Waals surface area contributed by atoms with Gasteiger partial charge in [0.2, 0.25) is 5.91 Å².